The number of aryl methyl sites for hydroxylation is 2. The van der Waals surface area contributed by atoms with Gasteiger partial charge in [0.2, 0.25) is 5.91 Å². The van der Waals surface area contributed by atoms with E-state index in [1.165, 1.54) is 0 Å². The fraction of sp³-hybridized carbons (Fsp3) is 0.263. The first-order valence-corrected chi connectivity index (χ1v) is 9.04. The van der Waals surface area contributed by atoms with E-state index in [1.807, 2.05) is 56.7 Å². The van der Waals surface area contributed by atoms with Gasteiger partial charge in [-0.3, -0.25) is 9.48 Å². The summed E-state index contributed by atoms with van der Waals surface area (Å²) in [5, 5.41) is 7.38. The molecule has 1 N–H and O–H groups in total. The van der Waals surface area contributed by atoms with Gasteiger partial charge in [0, 0.05) is 37.2 Å². The largest absolute Gasteiger partial charge is 0.350 e. The SMILES string of the molecule is Cc1nn(CCC(=O)NC(C)c2ccc(-n3cccc3)cc2)cc1Br. The van der Waals surface area contributed by atoms with E-state index in [1.54, 1.807) is 4.68 Å². The van der Waals surface area contributed by atoms with E-state index in [0.717, 1.165) is 21.4 Å². The average Bonchev–Trinajstić information content (AvgIpc) is 3.24. The quantitative estimate of drug-likeness (QED) is 0.679. The predicted molar refractivity (Wildman–Crippen MR) is 102 cm³/mol. The Kier molecular flexibility index (Phi) is 5.38. The Morgan fingerprint density at radius 1 is 1.24 bits per heavy atom. The number of nitrogens with zero attached hydrogens (tertiary/aromatic N) is 3. The molecule has 2 heterocycles. The Morgan fingerprint density at radius 3 is 2.52 bits per heavy atom. The molecule has 1 unspecified atom stereocenters. The highest BCUT2D eigenvalue weighted by Crippen LogP contribution is 2.16. The molecule has 0 aliphatic heterocycles. The normalized spacial score (nSPS) is 12.1. The van der Waals surface area contributed by atoms with Gasteiger partial charge in [-0.15, -0.1) is 0 Å². The van der Waals surface area contributed by atoms with Gasteiger partial charge in [0.1, 0.15) is 0 Å². The maximum Gasteiger partial charge on any atom is 0.222 e. The van der Waals surface area contributed by atoms with Gasteiger partial charge in [-0.2, -0.15) is 5.10 Å². The molecule has 3 aromatic rings. The molecule has 0 aliphatic rings. The Hall–Kier alpha value is -2.34. The third kappa shape index (κ3) is 4.39. The van der Waals surface area contributed by atoms with Gasteiger partial charge in [0.15, 0.2) is 0 Å². The highest BCUT2D eigenvalue weighted by molar-refractivity contribution is 9.10. The second-order valence-corrected chi connectivity index (χ2v) is 6.90. The molecule has 0 saturated heterocycles. The van der Waals surface area contributed by atoms with Gasteiger partial charge in [0.05, 0.1) is 16.2 Å². The molecule has 1 atom stereocenters. The molecule has 0 bridgehead atoms. The fourth-order valence-electron chi connectivity index (χ4n) is 2.66. The highest BCUT2D eigenvalue weighted by Gasteiger charge is 2.10. The summed E-state index contributed by atoms with van der Waals surface area (Å²) in [6, 6.07) is 12.2. The molecule has 1 amide bonds. The molecule has 1 aromatic carbocycles. The molecular formula is C19H21BrN4O. The van der Waals surface area contributed by atoms with E-state index < -0.39 is 0 Å². The Labute approximate surface area is 155 Å². The van der Waals surface area contributed by atoms with Crippen LogP contribution in [0.15, 0.2) is 59.5 Å². The van der Waals surface area contributed by atoms with Crippen LogP contribution in [-0.4, -0.2) is 20.3 Å². The molecule has 0 fully saturated rings. The van der Waals surface area contributed by atoms with Crippen molar-refractivity contribution in [3.63, 3.8) is 0 Å². The number of nitrogens with one attached hydrogen (secondary N) is 1. The number of amides is 1. The standard InChI is InChI=1S/C19H21BrN4O/c1-14(16-5-7-17(8-6-16)23-10-3-4-11-23)21-19(25)9-12-24-13-18(20)15(2)22-24/h3-8,10-11,13-14H,9,12H2,1-2H3,(H,21,25). The molecule has 0 radical (unpaired) electrons. The number of carbonyl (C=O) groups is 1. The summed E-state index contributed by atoms with van der Waals surface area (Å²) in [5.41, 5.74) is 3.12. The zero-order chi connectivity index (χ0) is 17.8. The number of halogens is 1. The summed E-state index contributed by atoms with van der Waals surface area (Å²) < 4.78 is 4.80. The molecule has 25 heavy (non-hydrogen) atoms. The maximum absolute atomic E-state index is 12.2. The third-order valence-corrected chi connectivity index (χ3v) is 4.91. The Morgan fingerprint density at radius 2 is 1.92 bits per heavy atom. The van der Waals surface area contributed by atoms with Crippen molar-refractivity contribution in [2.75, 3.05) is 0 Å². The summed E-state index contributed by atoms with van der Waals surface area (Å²) in [6.45, 7) is 4.49. The summed E-state index contributed by atoms with van der Waals surface area (Å²) >= 11 is 3.43. The van der Waals surface area contributed by atoms with Crippen LogP contribution in [0.1, 0.15) is 30.6 Å². The van der Waals surface area contributed by atoms with Gasteiger partial charge >= 0.3 is 0 Å². The van der Waals surface area contributed by atoms with Gasteiger partial charge in [0.25, 0.3) is 0 Å². The minimum absolute atomic E-state index is 0.0197. The molecule has 6 heteroatoms. The van der Waals surface area contributed by atoms with Gasteiger partial charge in [-0.05, 0) is 59.6 Å². The number of rotatable bonds is 6. The van der Waals surface area contributed by atoms with Crippen molar-refractivity contribution in [1.29, 1.82) is 0 Å². The minimum Gasteiger partial charge on any atom is -0.350 e. The lowest BCUT2D eigenvalue weighted by Gasteiger charge is -2.15. The van der Waals surface area contributed by atoms with Crippen molar-refractivity contribution in [2.45, 2.75) is 32.9 Å². The van der Waals surface area contributed by atoms with E-state index in [4.69, 9.17) is 0 Å². The summed E-state index contributed by atoms with van der Waals surface area (Å²) in [4.78, 5) is 12.2. The van der Waals surface area contributed by atoms with Gasteiger partial charge in [-0.1, -0.05) is 12.1 Å². The van der Waals surface area contributed by atoms with Crippen LogP contribution in [0.3, 0.4) is 0 Å². The van der Waals surface area contributed by atoms with Crippen LogP contribution in [0.2, 0.25) is 0 Å². The lowest BCUT2D eigenvalue weighted by atomic mass is 10.1. The van der Waals surface area contributed by atoms with Gasteiger partial charge in [-0.25, -0.2) is 0 Å². The van der Waals surface area contributed by atoms with Crippen molar-refractivity contribution in [1.82, 2.24) is 19.7 Å². The summed E-state index contributed by atoms with van der Waals surface area (Å²) in [7, 11) is 0. The zero-order valence-corrected chi connectivity index (χ0v) is 15.9. The van der Waals surface area contributed by atoms with E-state index >= 15 is 0 Å². The predicted octanol–water partition coefficient (Wildman–Crippen LogP) is 4.01. The van der Waals surface area contributed by atoms with Crippen molar-refractivity contribution in [3.05, 3.63) is 70.7 Å². The molecule has 0 spiro atoms. The van der Waals surface area contributed by atoms with E-state index in [-0.39, 0.29) is 11.9 Å². The second kappa shape index (κ2) is 7.70. The smallest absolute Gasteiger partial charge is 0.222 e. The lowest BCUT2D eigenvalue weighted by molar-refractivity contribution is -0.122. The van der Waals surface area contributed by atoms with Crippen LogP contribution in [0.4, 0.5) is 0 Å². The van der Waals surface area contributed by atoms with Crippen molar-refractivity contribution >= 4 is 21.8 Å². The molecule has 0 saturated carbocycles. The first kappa shape index (κ1) is 17.5. The molecule has 130 valence electrons. The van der Waals surface area contributed by atoms with Crippen molar-refractivity contribution < 1.29 is 4.79 Å². The fourth-order valence-corrected chi connectivity index (χ4v) is 2.98. The zero-order valence-electron chi connectivity index (χ0n) is 14.3. The average molecular weight is 401 g/mol. The molecule has 2 aromatic heterocycles. The topological polar surface area (TPSA) is 51.9 Å². The summed E-state index contributed by atoms with van der Waals surface area (Å²) in [5.74, 6) is 0.0197. The van der Waals surface area contributed by atoms with Crippen LogP contribution in [0, 0.1) is 6.92 Å². The van der Waals surface area contributed by atoms with Crippen LogP contribution >= 0.6 is 15.9 Å². The van der Waals surface area contributed by atoms with Crippen LogP contribution in [-0.2, 0) is 11.3 Å². The first-order chi connectivity index (χ1) is 12.0. The first-order valence-electron chi connectivity index (χ1n) is 8.25. The third-order valence-electron chi connectivity index (χ3n) is 4.13. The number of benzene rings is 1. The van der Waals surface area contributed by atoms with Crippen LogP contribution in [0.25, 0.3) is 5.69 Å². The van der Waals surface area contributed by atoms with Crippen LogP contribution in [0.5, 0.6) is 0 Å². The number of hydrogen-bond acceptors (Lipinski definition) is 2. The van der Waals surface area contributed by atoms with E-state index in [0.29, 0.717) is 13.0 Å². The summed E-state index contributed by atoms with van der Waals surface area (Å²) in [6.07, 6.45) is 6.32. The Balaban J connectivity index is 1.54. The number of carbonyl (C=O) groups excluding carboxylic acids is 1. The minimum atomic E-state index is -0.0303. The number of hydrogen-bond donors (Lipinski definition) is 1. The molecule has 3 rings (SSSR count). The highest BCUT2D eigenvalue weighted by atomic mass is 79.9. The van der Waals surface area contributed by atoms with Gasteiger partial charge < -0.3 is 9.88 Å². The monoisotopic (exact) mass is 400 g/mol. The molecule has 0 aliphatic carbocycles. The Bertz CT molecular complexity index is 817. The van der Waals surface area contributed by atoms with E-state index in [2.05, 4.69) is 43.0 Å². The van der Waals surface area contributed by atoms with E-state index in [9.17, 15) is 4.79 Å². The molecular weight excluding hydrogens is 380 g/mol. The van der Waals surface area contributed by atoms with Crippen LogP contribution < -0.4 is 5.32 Å². The second-order valence-electron chi connectivity index (χ2n) is 6.05. The number of aromatic nitrogens is 3. The van der Waals surface area contributed by atoms with Crippen molar-refractivity contribution in [3.8, 4) is 5.69 Å². The lowest BCUT2D eigenvalue weighted by Crippen LogP contribution is -2.27. The maximum atomic E-state index is 12.2. The van der Waals surface area contributed by atoms with Crippen molar-refractivity contribution in [2.24, 2.45) is 0 Å². The molecule has 5 nitrogen and oxygen atoms in total.